The van der Waals surface area contributed by atoms with E-state index in [0.29, 0.717) is 11.1 Å². The van der Waals surface area contributed by atoms with Gasteiger partial charge in [0.1, 0.15) is 17.5 Å². The molecule has 8 nitrogen and oxygen atoms in total. The fourth-order valence-corrected chi connectivity index (χ4v) is 4.07. The number of carboxylic acids is 1. The molecule has 0 amide bonds. The van der Waals surface area contributed by atoms with Crippen molar-refractivity contribution in [2.24, 2.45) is 5.92 Å². The second-order valence-electron chi connectivity index (χ2n) is 8.46. The average molecular weight is 531 g/mol. The molecule has 0 aliphatic carbocycles. The maximum absolute atomic E-state index is 12.9. The smallest absolute Gasteiger partial charge is 0.310 e. The van der Waals surface area contributed by atoms with Gasteiger partial charge in [-0.1, -0.05) is 67.4 Å². The van der Waals surface area contributed by atoms with Crippen LogP contribution in [0.4, 0.5) is 11.4 Å². The lowest BCUT2D eigenvalue weighted by Gasteiger charge is -2.21. The van der Waals surface area contributed by atoms with Crippen molar-refractivity contribution >= 4 is 46.3 Å². The van der Waals surface area contributed by atoms with Crippen molar-refractivity contribution in [3.63, 3.8) is 0 Å². The average Bonchev–Trinajstić information content (AvgIpc) is 2.84. The third-order valence-corrected chi connectivity index (χ3v) is 6.12. The van der Waals surface area contributed by atoms with Gasteiger partial charge in [0.2, 0.25) is 0 Å². The van der Waals surface area contributed by atoms with E-state index in [1.807, 2.05) is 6.07 Å². The van der Waals surface area contributed by atoms with Gasteiger partial charge < -0.3 is 15.2 Å². The van der Waals surface area contributed by atoms with E-state index in [-0.39, 0.29) is 44.6 Å². The Balaban J connectivity index is 1.95. The molecule has 0 saturated heterocycles. The van der Waals surface area contributed by atoms with Gasteiger partial charge in [-0.15, -0.1) is 0 Å². The number of carboxylic acid groups (broad SMARTS) is 1. The fourth-order valence-electron chi connectivity index (χ4n) is 3.49. The Hall–Kier alpha value is -3.62. The van der Waals surface area contributed by atoms with E-state index in [4.69, 9.17) is 27.9 Å². The number of anilines is 1. The lowest BCUT2D eigenvalue weighted by molar-refractivity contribution is -0.384. The quantitative estimate of drug-likeness (QED) is 0.209. The number of hydrogen-bond donors (Lipinski definition) is 2. The monoisotopic (exact) mass is 530 g/mol. The van der Waals surface area contributed by atoms with Gasteiger partial charge in [0.25, 0.3) is 5.69 Å². The molecule has 0 spiro atoms. The molecule has 2 N–H and O–H groups in total. The molecule has 3 rings (SSSR count). The van der Waals surface area contributed by atoms with Gasteiger partial charge >= 0.3 is 5.97 Å². The van der Waals surface area contributed by atoms with Crippen molar-refractivity contribution < 1.29 is 24.4 Å². The first kappa shape index (κ1) is 27.0. The summed E-state index contributed by atoms with van der Waals surface area (Å²) in [6, 6.07) is 15.1. The van der Waals surface area contributed by atoms with Crippen LogP contribution in [0.3, 0.4) is 0 Å². The summed E-state index contributed by atoms with van der Waals surface area (Å²) in [6.07, 6.45) is 0. The second-order valence-corrected chi connectivity index (χ2v) is 9.27. The Morgan fingerprint density at radius 1 is 0.972 bits per heavy atom. The minimum atomic E-state index is -1.04. The number of ketones is 1. The van der Waals surface area contributed by atoms with Crippen LogP contribution in [0.5, 0.6) is 11.5 Å². The number of nitro benzene ring substituents is 1. The number of nitrogens with one attached hydrogen (secondary N) is 1. The highest BCUT2D eigenvalue weighted by Crippen LogP contribution is 2.41. The number of Topliss-reactive ketones (excluding diaryl/α,β-unsaturated/α-hetero) is 1. The van der Waals surface area contributed by atoms with Gasteiger partial charge in [-0.05, 0) is 42.3 Å². The highest BCUT2D eigenvalue weighted by Gasteiger charge is 2.27. The molecule has 3 aromatic rings. The summed E-state index contributed by atoms with van der Waals surface area (Å²) in [4.78, 5) is 35.5. The molecule has 0 bridgehead atoms. The van der Waals surface area contributed by atoms with Crippen LogP contribution < -0.4 is 10.1 Å². The molecule has 0 radical (unpaired) electrons. The molecule has 0 aliphatic rings. The first-order valence-electron chi connectivity index (χ1n) is 11.0. The largest absolute Gasteiger partial charge is 0.481 e. The topological polar surface area (TPSA) is 119 Å². The number of aliphatic carboxylic acids is 1. The zero-order chi connectivity index (χ0) is 26.6. The van der Waals surface area contributed by atoms with Crippen molar-refractivity contribution in [2.45, 2.75) is 32.7 Å². The number of nitrogens with zero attached hydrogens (tertiary/aromatic N) is 1. The van der Waals surface area contributed by atoms with Gasteiger partial charge in [0.05, 0.1) is 27.0 Å². The molecule has 0 fully saturated rings. The number of nitro groups is 1. The number of hydrogen-bond acceptors (Lipinski definition) is 6. The van der Waals surface area contributed by atoms with Crippen LogP contribution in [0.25, 0.3) is 0 Å². The summed E-state index contributed by atoms with van der Waals surface area (Å²) >= 11 is 12.6. The van der Waals surface area contributed by atoms with Gasteiger partial charge in [0.15, 0.2) is 11.5 Å². The molecule has 2 atom stereocenters. The molecule has 36 heavy (non-hydrogen) atoms. The second kappa shape index (κ2) is 11.4. The van der Waals surface area contributed by atoms with E-state index >= 15 is 0 Å². The predicted octanol–water partition coefficient (Wildman–Crippen LogP) is 7.26. The normalized spacial score (nSPS) is 12.6. The fraction of sp³-hybridized carbons (Fsp3) is 0.231. The Morgan fingerprint density at radius 3 is 2.11 bits per heavy atom. The van der Waals surface area contributed by atoms with Gasteiger partial charge in [-0.2, -0.15) is 0 Å². The van der Waals surface area contributed by atoms with Crippen LogP contribution in [0.1, 0.15) is 43.9 Å². The Kier molecular flexibility index (Phi) is 8.55. The first-order chi connectivity index (χ1) is 17.0. The number of benzene rings is 3. The number of ether oxygens (including phenoxy) is 1. The summed E-state index contributed by atoms with van der Waals surface area (Å²) in [5.41, 5.74) is 0.892. The van der Waals surface area contributed by atoms with Crippen LogP contribution >= 0.6 is 23.2 Å². The zero-order valence-corrected chi connectivity index (χ0v) is 21.2. The Bertz CT molecular complexity index is 1270. The van der Waals surface area contributed by atoms with E-state index in [0.717, 1.165) is 0 Å². The molecule has 2 unspecified atom stereocenters. The highest BCUT2D eigenvalue weighted by atomic mass is 35.5. The van der Waals surface area contributed by atoms with Crippen molar-refractivity contribution in [3.8, 4) is 11.5 Å². The van der Waals surface area contributed by atoms with E-state index < -0.39 is 22.9 Å². The number of rotatable bonds is 10. The molecule has 188 valence electrons. The third-order valence-electron chi connectivity index (χ3n) is 5.56. The minimum absolute atomic E-state index is 0.0341. The molecule has 0 aromatic heterocycles. The van der Waals surface area contributed by atoms with E-state index in [9.17, 15) is 24.8 Å². The van der Waals surface area contributed by atoms with Crippen molar-refractivity contribution in [1.29, 1.82) is 0 Å². The molecule has 0 heterocycles. The summed E-state index contributed by atoms with van der Waals surface area (Å²) in [6.45, 7) is 5.02. The molecular formula is C26H24Cl2N2O6. The van der Waals surface area contributed by atoms with E-state index in [2.05, 4.69) is 5.32 Å². The maximum atomic E-state index is 12.9. The summed E-state index contributed by atoms with van der Waals surface area (Å²) in [5.74, 6) is -2.19. The lowest BCUT2D eigenvalue weighted by Crippen LogP contribution is -2.25. The lowest BCUT2D eigenvalue weighted by atomic mass is 9.95. The zero-order valence-electron chi connectivity index (χ0n) is 19.7. The Labute approximate surface area is 218 Å². The Morgan fingerprint density at radius 2 is 1.58 bits per heavy atom. The molecule has 10 heteroatoms. The van der Waals surface area contributed by atoms with Crippen LogP contribution in [-0.2, 0) is 9.59 Å². The van der Waals surface area contributed by atoms with Gasteiger partial charge in [-0.3, -0.25) is 19.7 Å². The van der Waals surface area contributed by atoms with E-state index in [1.54, 1.807) is 38.1 Å². The summed E-state index contributed by atoms with van der Waals surface area (Å²) in [7, 11) is 0. The van der Waals surface area contributed by atoms with Crippen LogP contribution in [0, 0.1) is 16.0 Å². The standard InChI is InChI=1S/C26H24Cl2N2O6/c1-14(2)24(31)23(16-7-5-4-6-8-16)29-21-10-9-18(13-22(21)30(34)35)36-25-19(27)11-17(12-20(25)28)15(3)26(32)33/h4-15,23,29H,1-3H3,(H,32,33). The molecule has 0 saturated carbocycles. The van der Waals surface area contributed by atoms with Crippen molar-refractivity contribution in [3.05, 3.63) is 92.0 Å². The predicted molar refractivity (Wildman–Crippen MR) is 138 cm³/mol. The maximum Gasteiger partial charge on any atom is 0.310 e. The van der Waals surface area contributed by atoms with Crippen molar-refractivity contribution in [2.75, 3.05) is 5.32 Å². The minimum Gasteiger partial charge on any atom is -0.481 e. The molecule has 3 aromatic carbocycles. The van der Waals surface area contributed by atoms with Gasteiger partial charge in [0, 0.05) is 5.92 Å². The van der Waals surface area contributed by atoms with Gasteiger partial charge in [-0.25, -0.2) is 0 Å². The molecular weight excluding hydrogens is 507 g/mol. The first-order valence-corrected chi connectivity index (χ1v) is 11.8. The number of carbonyl (C=O) groups is 2. The van der Waals surface area contributed by atoms with Crippen LogP contribution in [-0.4, -0.2) is 21.8 Å². The number of halogens is 2. The van der Waals surface area contributed by atoms with Crippen molar-refractivity contribution in [1.82, 2.24) is 0 Å². The van der Waals surface area contributed by atoms with Crippen LogP contribution in [0.15, 0.2) is 60.7 Å². The number of carbonyl (C=O) groups excluding carboxylic acids is 1. The van der Waals surface area contributed by atoms with E-state index in [1.165, 1.54) is 37.3 Å². The van der Waals surface area contributed by atoms with Crippen LogP contribution in [0.2, 0.25) is 10.0 Å². The third kappa shape index (κ3) is 6.13. The molecule has 0 aliphatic heterocycles. The SMILES string of the molecule is CC(C)C(=O)C(Nc1ccc(Oc2c(Cl)cc(C(C)C(=O)O)cc2Cl)cc1[N+](=O)[O-])c1ccccc1. The summed E-state index contributed by atoms with van der Waals surface area (Å²) < 4.78 is 5.75. The highest BCUT2D eigenvalue weighted by molar-refractivity contribution is 6.37. The summed E-state index contributed by atoms with van der Waals surface area (Å²) in [5, 5.41) is 24.2.